The van der Waals surface area contributed by atoms with E-state index in [-0.39, 0.29) is 12.2 Å². The Morgan fingerprint density at radius 3 is 1.75 bits per heavy atom. The summed E-state index contributed by atoms with van der Waals surface area (Å²) in [4.78, 5) is 10.6. The lowest BCUT2D eigenvalue weighted by Gasteiger charge is -2.20. The number of rotatable bonds is 4. The van der Waals surface area contributed by atoms with Gasteiger partial charge in [0.15, 0.2) is 12.2 Å². The zero-order valence-electron chi connectivity index (χ0n) is 12.5. The molecule has 0 radical (unpaired) electrons. The molecule has 0 fully saturated rings. The summed E-state index contributed by atoms with van der Waals surface area (Å²) in [7, 11) is 0. The average Bonchev–Trinajstić information content (AvgIpc) is 2.96. The molecule has 5 heteroatoms. The molecule has 3 atom stereocenters. The Labute approximate surface area is 119 Å². The summed E-state index contributed by atoms with van der Waals surface area (Å²) in [6.07, 6.45) is 3.70. The molecular formula is C15H22N2O3. The van der Waals surface area contributed by atoms with Gasteiger partial charge in [-0.25, -0.2) is 0 Å². The molecule has 1 N–H and O–H groups in total. The van der Waals surface area contributed by atoms with E-state index in [9.17, 15) is 5.11 Å². The van der Waals surface area contributed by atoms with Crippen molar-refractivity contribution >= 4 is 11.4 Å². The van der Waals surface area contributed by atoms with Crippen LogP contribution in [0, 0.1) is 0 Å². The maximum atomic E-state index is 10.3. The van der Waals surface area contributed by atoms with Gasteiger partial charge in [-0.1, -0.05) is 21.5 Å². The van der Waals surface area contributed by atoms with Gasteiger partial charge in [0.2, 0.25) is 0 Å². The number of hydrogen-bond acceptors (Lipinski definition) is 5. The third kappa shape index (κ3) is 3.70. The normalized spacial score (nSPS) is 26.1. The van der Waals surface area contributed by atoms with Gasteiger partial charge in [-0.3, -0.25) is 0 Å². The quantitative estimate of drug-likeness (QED) is 0.859. The number of allylic oxidation sites excluding steroid dienone is 4. The number of aliphatic hydroxyl groups excluding tert-OH is 1. The standard InChI is InChI=1S/C15H22N2O3/c1-9(2)5-11-7-13(19-16-11)15(18)14-8-12(17-20-14)6-10(3)4/h5-6,13-15,18H,7-8H2,1-4H3/t13-,14+,15?. The smallest absolute Gasteiger partial charge is 0.162 e. The molecule has 0 amide bonds. The van der Waals surface area contributed by atoms with Crippen molar-refractivity contribution in [3.05, 3.63) is 23.3 Å². The number of aliphatic hydroxyl groups is 1. The van der Waals surface area contributed by atoms with E-state index in [0.29, 0.717) is 12.8 Å². The summed E-state index contributed by atoms with van der Waals surface area (Å²) >= 11 is 0. The maximum Gasteiger partial charge on any atom is 0.162 e. The Hall–Kier alpha value is -1.62. The van der Waals surface area contributed by atoms with E-state index in [1.807, 2.05) is 39.8 Å². The Balaban J connectivity index is 1.88. The number of nitrogens with zero attached hydrogens (tertiary/aromatic N) is 2. The summed E-state index contributed by atoms with van der Waals surface area (Å²) in [5, 5.41) is 18.3. The fraction of sp³-hybridized carbons (Fsp3) is 0.600. The minimum Gasteiger partial charge on any atom is -0.389 e. The van der Waals surface area contributed by atoms with Crippen LogP contribution in [0.25, 0.3) is 0 Å². The summed E-state index contributed by atoms with van der Waals surface area (Å²) < 4.78 is 0. The van der Waals surface area contributed by atoms with Crippen molar-refractivity contribution in [2.45, 2.75) is 58.8 Å². The summed E-state index contributed by atoms with van der Waals surface area (Å²) in [6, 6.07) is 0. The van der Waals surface area contributed by atoms with Gasteiger partial charge in [-0.15, -0.1) is 0 Å². The van der Waals surface area contributed by atoms with Gasteiger partial charge in [0.05, 0.1) is 11.4 Å². The lowest BCUT2D eigenvalue weighted by molar-refractivity contribution is -0.0911. The Bertz CT molecular complexity index is 439. The molecule has 2 rings (SSSR count). The average molecular weight is 278 g/mol. The Kier molecular flexibility index (Phi) is 4.60. The topological polar surface area (TPSA) is 63.4 Å². The van der Waals surface area contributed by atoms with Crippen molar-refractivity contribution in [1.82, 2.24) is 0 Å². The van der Waals surface area contributed by atoms with Crippen molar-refractivity contribution in [3.63, 3.8) is 0 Å². The van der Waals surface area contributed by atoms with Gasteiger partial charge in [-0.2, -0.15) is 0 Å². The molecule has 2 heterocycles. The van der Waals surface area contributed by atoms with Crippen LogP contribution in [0.2, 0.25) is 0 Å². The highest BCUT2D eigenvalue weighted by molar-refractivity contribution is 5.97. The molecule has 0 aromatic heterocycles. The van der Waals surface area contributed by atoms with Crippen LogP contribution in [0.1, 0.15) is 40.5 Å². The zero-order chi connectivity index (χ0) is 14.7. The summed E-state index contributed by atoms with van der Waals surface area (Å²) in [5.41, 5.74) is 4.04. The molecule has 0 saturated heterocycles. The molecule has 0 bridgehead atoms. The number of oxime groups is 2. The van der Waals surface area contributed by atoms with E-state index >= 15 is 0 Å². The van der Waals surface area contributed by atoms with Crippen LogP contribution in [0.3, 0.4) is 0 Å². The molecule has 2 aliphatic heterocycles. The summed E-state index contributed by atoms with van der Waals surface area (Å²) in [6.45, 7) is 8.02. The van der Waals surface area contributed by atoms with Gasteiger partial charge >= 0.3 is 0 Å². The van der Waals surface area contributed by atoms with E-state index in [0.717, 1.165) is 22.6 Å². The number of hydrogen-bond donors (Lipinski definition) is 1. The highest BCUT2D eigenvalue weighted by Crippen LogP contribution is 2.24. The van der Waals surface area contributed by atoms with Crippen molar-refractivity contribution in [1.29, 1.82) is 0 Å². The minimum absolute atomic E-state index is 0.355. The highest BCUT2D eigenvalue weighted by atomic mass is 16.7. The van der Waals surface area contributed by atoms with Crippen LogP contribution in [0.4, 0.5) is 0 Å². The van der Waals surface area contributed by atoms with Gasteiger partial charge in [0.25, 0.3) is 0 Å². The van der Waals surface area contributed by atoms with E-state index in [1.165, 1.54) is 0 Å². The second-order valence-corrected chi connectivity index (χ2v) is 5.80. The van der Waals surface area contributed by atoms with Crippen LogP contribution >= 0.6 is 0 Å². The second kappa shape index (κ2) is 6.22. The molecule has 5 nitrogen and oxygen atoms in total. The molecule has 0 aromatic rings. The van der Waals surface area contributed by atoms with Crippen molar-refractivity contribution in [3.8, 4) is 0 Å². The lowest BCUT2D eigenvalue weighted by Crippen LogP contribution is -2.37. The fourth-order valence-corrected chi connectivity index (χ4v) is 2.27. The lowest BCUT2D eigenvalue weighted by atomic mass is 9.99. The van der Waals surface area contributed by atoms with Crippen LogP contribution in [-0.4, -0.2) is 34.8 Å². The highest BCUT2D eigenvalue weighted by Gasteiger charge is 2.37. The van der Waals surface area contributed by atoms with E-state index in [1.54, 1.807) is 0 Å². The largest absolute Gasteiger partial charge is 0.389 e. The van der Waals surface area contributed by atoms with Gasteiger partial charge < -0.3 is 14.8 Å². The molecule has 20 heavy (non-hydrogen) atoms. The third-order valence-corrected chi connectivity index (χ3v) is 3.10. The molecular weight excluding hydrogens is 256 g/mol. The fourth-order valence-electron chi connectivity index (χ4n) is 2.27. The summed E-state index contributed by atoms with van der Waals surface area (Å²) in [5.74, 6) is 0. The van der Waals surface area contributed by atoms with Gasteiger partial charge in [0.1, 0.15) is 6.10 Å². The van der Waals surface area contributed by atoms with Gasteiger partial charge in [-0.05, 0) is 39.8 Å². The molecule has 0 saturated carbocycles. The molecule has 0 aliphatic carbocycles. The first-order chi connectivity index (χ1) is 9.45. The first-order valence-electron chi connectivity index (χ1n) is 6.89. The third-order valence-electron chi connectivity index (χ3n) is 3.10. The van der Waals surface area contributed by atoms with Crippen LogP contribution in [0.5, 0.6) is 0 Å². The molecule has 0 spiro atoms. The predicted octanol–water partition coefficient (Wildman–Crippen LogP) is 2.57. The SMILES string of the molecule is CC(C)=CC1=NO[C@H](C(O)[C@H]2CC(C=C(C)C)=NO2)C1. The molecule has 110 valence electrons. The monoisotopic (exact) mass is 278 g/mol. The van der Waals surface area contributed by atoms with Crippen molar-refractivity contribution in [2.75, 3.05) is 0 Å². The first-order valence-corrected chi connectivity index (χ1v) is 6.89. The second-order valence-electron chi connectivity index (χ2n) is 5.80. The predicted molar refractivity (Wildman–Crippen MR) is 78.7 cm³/mol. The Morgan fingerprint density at radius 1 is 1.00 bits per heavy atom. The molecule has 1 unspecified atom stereocenters. The van der Waals surface area contributed by atoms with E-state index < -0.39 is 6.10 Å². The van der Waals surface area contributed by atoms with Crippen LogP contribution < -0.4 is 0 Å². The first kappa shape index (κ1) is 14.8. The van der Waals surface area contributed by atoms with E-state index in [4.69, 9.17) is 9.68 Å². The van der Waals surface area contributed by atoms with Crippen LogP contribution in [-0.2, 0) is 9.68 Å². The maximum absolute atomic E-state index is 10.3. The van der Waals surface area contributed by atoms with Gasteiger partial charge in [0, 0.05) is 12.8 Å². The van der Waals surface area contributed by atoms with Crippen LogP contribution in [0.15, 0.2) is 33.6 Å². The zero-order valence-corrected chi connectivity index (χ0v) is 12.5. The van der Waals surface area contributed by atoms with Crippen molar-refractivity contribution in [2.24, 2.45) is 10.3 Å². The van der Waals surface area contributed by atoms with Crippen molar-refractivity contribution < 1.29 is 14.8 Å². The minimum atomic E-state index is -0.728. The molecule has 0 aromatic carbocycles. The Morgan fingerprint density at radius 2 is 1.40 bits per heavy atom. The molecule has 2 aliphatic rings. The van der Waals surface area contributed by atoms with E-state index in [2.05, 4.69) is 10.3 Å².